The molecule has 2 amide bonds. The molecule has 0 unspecified atom stereocenters. The summed E-state index contributed by atoms with van der Waals surface area (Å²) in [7, 11) is 0. The molecule has 140 valence electrons. The molecule has 0 atom stereocenters. The van der Waals surface area contributed by atoms with E-state index in [2.05, 4.69) is 52.0 Å². The average molecular weight is 361 g/mol. The molecule has 0 spiro atoms. The number of amides is 2. The zero-order valence-electron chi connectivity index (χ0n) is 16.8. The second-order valence-corrected chi connectivity index (χ2v) is 7.35. The maximum absolute atomic E-state index is 12.1. The lowest BCUT2D eigenvalue weighted by Gasteiger charge is -2.22. The van der Waals surface area contributed by atoms with Crippen molar-refractivity contribution in [1.82, 2.24) is 0 Å². The van der Waals surface area contributed by atoms with Gasteiger partial charge >= 0.3 is 0 Å². The van der Waals surface area contributed by atoms with Gasteiger partial charge in [-0.15, -0.1) is 0 Å². The molecule has 2 aromatic carbocycles. The molecular weight excluding hydrogens is 334 g/mol. The van der Waals surface area contributed by atoms with Crippen LogP contribution < -0.4 is 4.90 Å². The van der Waals surface area contributed by atoms with Crippen molar-refractivity contribution in [2.75, 3.05) is 4.90 Å². The summed E-state index contributed by atoms with van der Waals surface area (Å²) in [6.07, 6.45) is 5.34. The summed E-state index contributed by atoms with van der Waals surface area (Å²) < 4.78 is 0. The van der Waals surface area contributed by atoms with Crippen LogP contribution in [0.4, 0.5) is 5.69 Å². The molecule has 0 N–H and O–H groups in total. The van der Waals surface area contributed by atoms with E-state index in [0.29, 0.717) is 0 Å². The third-order valence-corrected chi connectivity index (χ3v) is 5.48. The summed E-state index contributed by atoms with van der Waals surface area (Å²) in [5.74, 6) is -0.514. The van der Waals surface area contributed by atoms with Crippen molar-refractivity contribution in [2.24, 2.45) is 0 Å². The van der Waals surface area contributed by atoms with E-state index < -0.39 is 0 Å². The fraction of sp³-hybridized carbons (Fsp3) is 0.333. The summed E-state index contributed by atoms with van der Waals surface area (Å²) in [5, 5.41) is 0. The highest BCUT2D eigenvalue weighted by Gasteiger charge is 2.28. The molecule has 1 heterocycles. The van der Waals surface area contributed by atoms with Gasteiger partial charge in [0.05, 0.1) is 5.69 Å². The van der Waals surface area contributed by atoms with Crippen molar-refractivity contribution in [2.45, 2.75) is 53.9 Å². The first-order chi connectivity index (χ1) is 12.8. The van der Waals surface area contributed by atoms with Crippen LogP contribution in [0, 0.1) is 20.8 Å². The van der Waals surface area contributed by atoms with Crippen molar-refractivity contribution in [3.8, 4) is 0 Å². The summed E-state index contributed by atoms with van der Waals surface area (Å²) >= 11 is 0. The molecule has 27 heavy (non-hydrogen) atoms. The van der Waals surface area contributed by atoms with Gasteiger partial charge in [-0.05, 0) is 79.0 Å². The lowest BCUT2D eigenvalue weighted by Crippen LogP contribution is -2.31. The van der Waals surface area contributed by atoms with Crippen molar-refractivity contribution >= 4 is 17.5 Å². The summed E-state index contributed by atoms with van der Waals surface area (Å²) in [5.41, 5.74) is 9.37. The van der Waals surface area contributed by atoms with Crippen molar-refractivity contribution in [3.05, 3.63) is 75.4 Å². The lowest BCUT2D eigenvalue weighted by molar-refractivity contribution is -0.120. The molecule has 3 nitrogen and oxygen atoms in total. The molecular formula is C24H27NO2. The Morgan fingerprint density at radius 2 is 1.26 bits per heavy atom. The first-order valence-electron chi connectivity index (χ1n) is 9.63. The Labute approximate surface area is 161 Å². The maximum atomic E-state index is 12.1. The summed E-state index contributed by atoms with van der Waals surface area (Å²) in [6.45, 7) is 10.6. The van der Waals surface area contributed by atoms with E-state index in [1.165, 1.54) is 44.9 Å². The molecule has 3 rings (SSSR count). The first-order valence-corrected chi connectivity index (χ1v) is 9.63. The quantitative estimate of drug-likeness (QED) is 0.720. The van der Waals surface area contributed by atoms with Gasteiger partial charge < -0.3 is 0 Å². The minimum atomic E-state index is -0.257. The van der Waals surface area contributed by atoms with Gasteiger partial charge in [-0.2, -0.15) is 0 Å². The highest BCUT2D eigenvalue weighted by atomic mass is 16.2. The highest BCUT2D eigenvalue weighted by molar-refractivity contribution is 6.28. The Hall–Kier alpha value is -2.68. The molecule has 0 aliphatic carbocycles. The van der Waals surface area contributed by atoms with Crippen molar-refractivity contribution in [1.29, 1.82) is 0 Å². The number of carbonyl (C=O) groups is 2. The highest BCUT2D eigenvalue weighted by Crippen LogP contribution is 2.31. The van der Waals surface area contributed by atoms with Gasteiger partial charge in [0.2, 0.25) is 0 Å². The molecule has 0 aromatic heterocycles. The molecule has 2 aromatic rings. The summed E-state index contributed by atoms with van der Waals surface area (Å²) in [4.78, 5) is 25.6. The van der Waals surface area contributed by atoms with Crippen LogP contribution >= 0.6 is 0 Å². The fourth-order valence-electron chi connectivity index (χ4n) is 3.96. The van der Waals surface area contributed by atoms with Gasteiger partial charge in [-0.1, -0.05) is 38.1 Å². The number of aryl methyl sites for hydroxylation is 4. The minimum Gasteiger partial charge on any atom is -0.269 e. The molecule has 1 aliphatic rings. The number of hydrogen-bond donors (Lipinski definition) is 0. The van der Waals surface area contributed by atoms with Crippen molar-refractivity contribution in [3.63, 3.8) is 0 Å². The Morgan fingerprint density at radius 3 is 1.81 bits per heavy atom. The van der Waals surface area contributed by atoms with E-state index in [1.54, 1.807) is 0 Å². The number of anilines is 1. The van der Waals surface area contributed by atoms with Gasteiger partial charge in [-0.3, -0.25) is 9.59 Å². The number of benzene rings is 2. The van der Waals surface area contributed by atoms with Crippen LogP contribution in [0.1, 0.15) is 52.8 Å². The van der Waals surface area contributed by atoms with Gasteiger partial charge in [-0.25, -0.2) is 4.90 Å². The second kappa shape index (κ2) is 7.51. The number of carbonyl (C=O) groups excluding carboxylic acids is 2. The van der Waals surface area contributed by atoms with Crippen molar-refractivity contribution < 1.29 is 9.59 Å². The van der Waals surface area contributed by atoms with Crippen LogP contribution in [0.3, 0.4) is 0 Å². The SMILES string of the molecule is CCc1cc(Cc2cc(C)c(N3C(=O)C=CC3=O)c(CC)c2)cc(C)c1C. The molecule has 0 saturated carbocycles. The Morgan fingerprint density at radius 1 is 0.741 bits per heavy atom. The normalized spacial score (nSPS) is 13.7. The van der Waals surface area contributed by atoms with E-state index in [4.69, 9.17) is 0 Å². The zero-order chi connectivity index (χ0) is 19.7. The van der Waals surface area contributed by atoms with Gasteiger partial charge in [0.1, 0.15) is 0 Å². The monoisotopic (exact) mass is 361 g/mol. The molecule has 3 heteroatoms. The largest absolute Gasteiger partial charge is 0.269 e. The van der Waals surface area contributed by atoms with E-state index >= 15 is 0 Å². The molecule has 0 radical (unpaired) electrons. The number of hydrogen-bond acceptors (Lipinski definition) is 2. The van der Waals surface area contributed by atoms with E-state index in [-0.39, 0.29) is 11.8 Å². The zero-order valence-corrected chi connectivity index (χ0v) is 16.8. The van der Waals surface area contributed by atoms with Crippen LogP contribution in [-0.4, -0.2) is 11.8 Å². The topological polar surface area (TPSA) is 37.4 Å². The number of imide groups is 1. The van der Waals surface area contributed by atoms with Crippen LogP contribution in [-0.2, 0) is 28.9 Å². The van der Waals surface area contributed by atoms with E-state index in [0.717, 1.165) is 36.1 Å². The molecule has 0 bridgehead atoms. The Bertz CT molecular complexity index is 935. The number of nitrogens with zero attached hydrogens (tertiary/aromatic N) is 1. The standard InChI is InChI=1S/C24H27NO2/c1-6-20-13-18(10-15(3)17(20)5)12-19-11-16(4)24(21(7-2)14-19)25-22(26)8-9-23(25)27/h8-11,13-14H,6-7,12H2,1-5H3. The van der Waals surface area contributed by atoms with Crippen LogP contribution in [0.5, 0.6) is 0 Å². The lowest BCUT2D eigenvalue weighted by atomic mass is 9.92. The predicted molar refractivity (Wildman–Crippen MR) is 110 cm³/mol. The molecule has 0 fully saturated rings. The number of rotatable bonds is 5. The molecule has 0 saturated heterocycles. The third-order valence-electron chi connectivity index (χ3n) is 5.48. The second-order valence-electron chi connectivity index (χ2n) is 7.35. The molecule has 1 aliphatic heterocycles. The first kappa shape index (κ1) is 19.1. The average Bonchev–Trinajstić information content (AvgIpc) is 2.96. The smallest absolute Gasteiger partial charge is 0.258 e. The predicted octanol–water partition coefficient (Wildman–Crippen LogP) is 4.76. The van der Waals surface area contributed by atoms with Crippen LogP contribution in [0.2, 0.25) is 0 Å². The Kier molecular flexibility index (Phi) is 5.31. The maximum Gasteiger partial charge on any atom is 0.258 e. The van der Waals surface area contributed by atoms with Crippen LogP contribution in [0.15, 0.2) is 36.4 Å². The van der Waals surface area contributed by atoms with Crippen LogP contribution in [0.25, 0.3) is 0 Å². The van der Waals surface area contributed by atoms with E-state index in [9.17, 15) is 9.59 Å². The summed E-state index contributed by atoms with van der Waals surface area (Å²) in [6, 6.07) is 8.81. The van der Waals surface area contributed by atoms with Gasteiger partial charge in [0, 0.05) is 12.2 Å². The minimum absolute atomic E-state index is 0.257. The Balaban J connectivity index is 2.00. The van der Waals surface area contributed by atoms with Gasteiger partial charge in [0.15, 0.2) is 0 Å². The van der Waals surface area contributed by atoms with Gasteiger partial charge in [0.25, 0.3) is 11.8 Å². The van der Waals surface area contributed by atoms with E-state index in [1.807, 2.05) is 6.92 Å². The third kappa shape index (κ3) is 3.59. The fourth-order valence-corrected chi connectivity index (χ4v) is 3.96.